The third kappa shape index (κ3) is 1.59. The van der Waals surface area contributed by atoms with Crippen molar-refractivity contribution >= 4 is 0 Å². The van der Waals surface area contributed by atoms with Crippen LogP contribution in [0.5, 0.6) is 6.01 Å². The second-order valence-corrected chi connectivity index (χ2v) is 2.75. The van der Waals surface area contributed by atoms with Crippen molar-refractivity contribution in [1.82, 2.24) is 14.8 Å². The van der Waals surface area contributed by atoms with E-state index >= 15 is 0 Å². The summed E-state index contributed by atoms with van der Waals surface area (Å²) in [6, 6.07) is 10.4. The number of ether oxygens (including phenoxy) is 1. The van der Waals surface area contributed by atoms with Gasteiger partial charge in [0.05, 0.1) is 12.3 Å². The molecule has 0 bridgehead atoms. The number of para-hydroxylation sites is 1. The molecule has 0 N–H and O–H groups in total. The summed E-state index contributed by atoms with van der Waals surface area (Å²) >= 11 is 0. The molecule has 0 saturated heterocycles. The van der Waals surface area contributed by atoms with Crippen LogP contribution in [0.3, 0.4) is 0 Å². The quantitative estimate of drug-likeness (QED) is 0.737. The van der Waals surface area contributed by atoms with E-state index in [1.165, 1.54) is 0 Å². The van der Waals surface area contributed by atoms with Gasteiger partial charge in [-0.1, -0.05) is 23.3 Å². The van der Waals surface area contributed by atoms with Crippen molar-refractivity contribution in [3.63, 3.8) is 0 Å². The first-order chi connectivity index (χ1) is 6.92. The molecule has 0 aliphatic rings. The van der Waals surface area contributed by atoms with Gasteiger partial charge in [0.2, 0.25) is 0 Å². The largest absolute Gasteiger partial charge is 0.464 e. The zero-order valence-corrected chi connectivity index (χ0v) is 7.92. The maximum atomic E-state index is 5.32. The highest BCUT2D eigenvalue weighted by Gasteiger charge is 2.05. The molecule has 4 nitrogen and oxygen atoms in total. The number of benzene rings is 1. The number of hydrogen-bond donors (Lipinski definition) is 0. The van der Waals surface area contributed by atoms with E-state index in [0.717, 1.165) is 5.69 Å². The zero-order chi connectivity index (χ0) is 9.80. The van der Waals surface area contributed by atoms with Gasteiger partial charge in [-0.15, -0.1) is 5.10 Å². The van der Waals surface area contributed by atoms with Crippen LogP contribution < -0.4 is 4.74 Å². The van der Waals surface area contributed by atoms with E-state index in [1.807, 2.05) is 41.8 Å². The zero-order valence-electron chi connectivity index (χ0n) is 7.92. The Morgan fingerprint density at radius 1 is 1.29 bits per heavy atom. The third-order valence-electron chi connectivity index (χ3n) is 1.82. The molecule has 2 aromatic rings. The molecule has 1 heterocycles. The fraction of sp³-hybridized carbons (Fsp3) is 0.200. The van der Waals surface area contributed by atoms with Crippen LogP contribution in [0.2, 0.25) is 0 Å². The Hall–Kier alpha value is -1.84. The lowest BCUT2D eigenvalue weighted by Gasteiger charge is -2.05. The van der Waals surface area contributed by atoms with Crippen molar-refractivity contribution in [3.8, 4) is 11.7 Å². The summed E-state index contributed by atoms with van der Waals surface area (Å²) in [6.45, 7) is 2.51. The molecule has 0 fully saturated rings. The van der Waals surface area contributed by atoms with Crippen LogP contribution in [-0.2, 0) is 0 Å². The van der Waals surface area contributed by atoms with Gasteiger partial charge in [0.15, 0.2) is 0 Å². The van der Waals surface area contributed by atoms with Crippen LogP contribution in [0.4, 0.5) is 0 Å². The Kier molecular flexibility index (Phi) is 2.44. The molecule has 1 aromatic heterocycles. The second kappa shape index (κ2) is 3.91. The third-order valence-corrected chi connectivity index (χ3v) is 1.82. The van der Waals surface area contributed by atoms with Gasteiger partial charge in [-0.25, -0.2) is 0 Å². The van der Waals surface area contributed by atoms with E-state index in [9.17, 15) is 0 Å². The first-order valence-electron chi connectivity index (χ1n) is 4.50. The smallest absolute Gasteiger partial charge is 0.321 e. The molecule has 72 valence electrons. The molecule has 0 aliphatic carbocycles. The van der Waals surface area contributed by atoms with Crippen LogP contribution in [0.1, 0.15) is 6.92 Å². The van der Waals surface area contributed by atoms with E-state index in [1.54, 1.807) is 6.33 Å². The molecule has 0 unspecified atom stereocenters. The standard InChI is InChI=1S/C10H11N3O/c1-2-14-10-12-11-8-13(10)9-6-4-3-5-7-9/h3-8H,2H2,1H3. The molecule has 0 spiro atoms. The predicted molar refractivity (Wildman–Crippen MR) is 52.5 cm³/mol. The fourth-order valence-electron chi connectivity index (χ4n) is 1.22. The van der Waals surface area contributed by atoms with Gasteiger partial charge in [0.1, 0.15) is 6.33 Å². The molecular weight excluding hydrogens is 178 g/mol. The second-order valence-electron chi connectivity index (χ2n) is 2.75. The maximum absolute atomic E-state index is 5.32. The lowest BCUT2D eigenvalue weighted by Crippen LogP contribution is -2.00. The molecule has 0 radical (unpaired) electrons. The number of rotatable bonds is 3. The monoisotopic (exact) mass is 189 g/mol. The van der Waals surface area contributed by atoms with E-state index < -0.39 is 0 Å². The molecular formula is C10H11N3O. The van der Waals surface area contributed by atoms with Crippen molar-refractivity contribution in [1.29, 1.82) is 0 Å². The predicted octanol–water partition coefficient (Wildman–Crippen LogP) is 1.67. The van der Waals surface area contributed by atoms with Crippen LogP contribution in [0.15, 0.2) is 36.7 Å². The summed E-state index contributed by atoms with van der Waals surface area (Å²) in [6.07, 6.45) is 1.64. The Balaban J connectivity index is 2.37. The Morgan fingerprint density at radius 2 is 2.07 bits per heavy atom. The minimum absolute atomic E-state index is 0.527. The summed E-state index contributed by atoms with van der Waals surface area (Å²) in [5.74, 6) is 0. The van der Waals surface area contributed by atoms with Gasteiger partial charge >= 0.3 is 6.01 Å². The summed E-state index contributed by atoms with van der Waals surface area (Å²) in [7, 11) is 0. The number of nitrogens with zero attached hydrogens (tertiary/aromatic N) is 3. The molecule has 0 aliphatic heterocycles. The van der Waals surface area contributed by atoms with E-state index in [0.29, 0.717) is 12.6 Å². The Morgan fingerprint density at radius 3 is 2.79 bits per heavy atom. The van der Waals surface area contributed by atoms with Crippen molar-refractivity contribution in [2.24, 2.45) is 0 Å². The van der Waals surface area contributed by atoms with Crippen LogP contribution >= 0.6 is 0 Å². The van der Waals surface area contributed by atoms with Gasteiger partial charge in [-0.3, -0.25) is 4.57 Å². The molecule has 2 rings (SSSR count). The molecule has 14 heavy (non-hydrogen) atoms. The van der Waals surface area contributed by atoms with Crippen molar-refractivity contribution in [3.05, 3.63) is 36.7 Å². The molecule has 4 heteroatoms. The molecule has 0 amide bonds. The normalized spacial score (nSPS) is 10.1. The summed E-state index contributed by atoms with van der Waals surface area (Å²) in [5.41, 5.74) is 1.00. The number of aromatic nitrogens is 3. The van der Waals surface area contributed by atoms with Gasteiger partial charge in [0, 0.05) is 0 Å². The lowest BCUT2D eigenvalue weighted by molar-refractivity contribution is 0.306. The maximum Gasteiger partial charge on any atom is 0.321 e. The van der Waals surface area contributed by atoms with Gasteiger partial charge in [0.25, 0.3) is 0 Å². The minimum Gasteiger partial charge on any atom is -0.464 e. The van der Waals surface area contributed by atoms with E-state index in [-0.39, 0.29) is 0 Å². The van der Waals surface area contributed by atoms with Crippen molar-refractivity contribution in [2.75, 3.05) is 6.61 Å². The van der Waals surface area contributed by atoms with Gasteiger partial charge in [-0.2, -0.15) is 0 Å². The average molecular weight is 189 g/mol. The molecule has 0 atom stereocenters. The van der Waals surface area contributed by atoms with Crippen molar-refractivity contribution < 1.29 is 4.74 Å². The minimum atomic E-state index is 0.527. The van der Waals surface area contributed by atoms with Crippen molar-refractivity contribution in [2.45, 2.75) is 6.92 Å². The topological polar surface area (TPSA) is 39.9 Å². The molecule has 0 saturated carbocycles. The first-order valence-corrected chi connectivity index (χ1v) is 4.50. The van der Waals surface area contributed by atoms with Crippen LogP contribution in [0.25, 0.3) is 5.69 Å². The Bertz CT molecular complexity index is 397. The van der Waals surface area contributed by atoms with Gasteiger partial charge < -0.3 is 4.74 Å². The summed E-state index contributed by atoms with van der Waals surface area (Å²) in [5, 5.41) is 7.68. The van der Waals surface area contributed by atoms with E-state index in [4.69, 9.17) is 4.74 Å². The van der Waals surface area contributed by atoms with Crippen LogP contribution in [0, 0.1) is 0 Å². The fourth-order valence-corrected chi connectivity index (χ4v) is 1.22. The highest BCUT2D eigenvalue weighted by Crippen LogP contribution is 2.13. The SMILES string of the molecule is CCOc1nncn1-c1ccccc1. The van der Waals surface area contributed by atoms with E-state index in [2.05, 4.69) is 10.2 Å². The van der Waals surface area contributed by atoms with Gasteiger partial charge in [-0.05, 0) is 19.1 Å². The first kappa shape index (κ1) is 8.74. The highest BCUT2D eigenvalue weighted by atomic mass is 16.5. The lowest BCUT2D eigenvalue weighted by atomic mass is 10.3. The summed E-state index contributed by atoms with van der Waals surface area (Å²) in [4.78, 5) is 0. The highest BCUT2D eigenvalue weighted by molar-refractivity contribution is 5.33. The van der Waals surface area contributed by atoms with Crippen LogP contribution in [-0.4, -0.2) is 21.4 Å². The summed E-state index contributed by atoms with van der Waals surface area (Å²) < 4.78 is 7.13. The average Bonchev–Trinajstić information content (AvgIpc) is 2.68. The molecule has 1 aromatic carbocycles. The Labute approximate surface area is 82.2 Å². The number of hydrogen-bond acceptors (Lipinski definition) is 3.